The molecule has 0 atom stereocenters. The number of oxime groups is 1. The van der Waals surface area contributed by atoms with Crippen molar-refractivity contribution in [3.05, 3.63) is 30.1 Å². The largest absolute Gasteiger partial charge is 0.409 e. The summed E-state index contributed by atoms with van der Waals surface area (Å²) in [6.07, 6.45) is 3.70. The minimum atomic E-state index is 0.274. The number of hydrogen-bond acceptors (Lipinski definition) is 5. The molecule has 0 bridgehead atoms. The Hall–Kier alpha value is -1.66. The molecule has 1 aliphatic rings. The first-order chi connectivity index (χ1) is 8.78. The third-order valence-corrected chi connectivity index (χ3v) is 3.11. The van der Waals surface area contributed by atoms with Crippen molar-refractivity contribution in [3.8, 4) is 0 Å². The summed E-state index contributed by atoms with van der Waals surface area (Å²) >= 11 is 0. The fraction of sp³-hybridized carbons (Fsp3) is 0.500. The third kappa shape index (κ3) is 3.68. The molecule has 2 rings (SSSR count). The number of aromatic nitrogens is 1. The Kier molecular flexibility index (Phi) is 4.49. The van der Waals surface area contributed by atoms with Crippen LogP contribution in [0.25, 0.3) is 0 Å². The molecule has 0 aromatic carbocycles. The maximum Gasteiger partial charge on any atom is 0.153 e. The lowest BCUT2D eigenvalue weighted by molar-refractivity contribution is 0.139. The molecular formula is C12H19N5O. The van der Waals surface area contributed by atoms with Crippen molar-refractivity contribution in [3.63, 3.8) is 0 Å². The van der Waals surface area contributed by atoms with Gasteiger partial charge >= 0.3 is 0 Å². The number of nitrogens with two attached hydrogens (primary N) is 1. The standard InChI is InChI=1S/C12H19N5O/c13-12(15-18)10-17-6-4-16(5-7-17)9-11-2-1-3-14-8-11/h1-3,8,18H,4-7,9-10H2,(H2,13,15). The summed E-state index contributed by atoms with van der Waals surface area (Å²) in [5, 5.41) is 11.5. The van der Waals surface area contributed by atoms with Crippen molar-refractivity contribution in [2.45, 2.75) is 6.54 Å². The molecule has 1 aromatic heterocycles. The summed E-state index contributed by atoms with van der Waals surface area (Å²) in [5.41, 5.74) is 6.74. The van der Waals surface area contributed by atoms with Crippen LogP contribution < -0.4 is 5.73 Å². The van der Waals surface area contributed by atoms with Gasteiger partial charge in [-0.15, -0.1) is 0 Å². The number of nitrogens with zero attached hydrogens (tertiary/aromatic N) is 4. The molecule has 6 heteroatoms. The molecular weight excluding hydrogens is 230 g/mol. The number of hydrogen-bond donors (Lipinski definition) is 2. The molecule has 0 amide bonds. The highest BCUT2D eigenvalue weighted by Gasteiger charge is 2.17. The van der Waals surface area contributed by atoms with Crippen LogP contribution in [0, 0.1) is 0 Å². The molecule has 2 heterocycles. The van der Waals surface area contributed by atoms with Gasteiger partial charge in [0.25, 0.3) is 0 Å². The Balaban J connectivity index is 1.77. The van der Waals surface area contributed by atoms with Crippen molar-refractivity contribution >= 4 is 5.84 Å². The Morgan fingerprint density at radius 1 is 1.33 bits per heavy atom. The summed E-state index contributed by atoms with van der Waals surface area (Å²) in [6, 6.07) is 4.06. The lowest BCUT2D eigenvalue weighted by atomic mass is 10.2. The molecule has 0 aliphatic carbocycles. The first-order valence-electron chi connectivity index (χ1n) is 6.08. The van der Waals surface area contributed by atoms with Crippen LogP contribution in [-0.4, -0.2) is 58.6 Å². The highest BCUT2D eigenvalue weighted by atomic mass is 16.4. The van der Waals surface area contributed by atoms with E-state index in [-0.39, 0.29) is 5.84 Å². The van der Waals surface area contributed by atoms with E-state index in [1.54, 1.807) is 6.20 Å². The Morgan fingerprint density at radius 3 is 2.67 bits per heavy atom. The van der Waals surface area contributed by atoms with Gasteiger partial charge in [0.15, 0.2) is 5.84 Å². The second-order valence-electron chi connectivity index (χ2n) is 4.50. The van der Waals surface area contributed by atoms with E-state index in [0.29, 0.717) is 6.54 Å². The zero-order chi connectivity index (χ0) is 12.8. The number of rotatable bonds is 4. The van der Waals surface area contributed by atoms with Crippen LogP contribution in [0.2, 0.25) is 0 Å². The molecule has 18 heavy (non-hydrogen) atoms. The minimum Gasteiger partial charge on any atom is -0.409 e. The summed E-state index contributed by atoms with van der Waals surface area (Å²) in [7, 11) is 0. The van der Waals surface area contributed by atoms with Crippen molar-refractivity contribution in [2.75, 3.05) is 32.7 Å². The van der Waals surface area contributed by atoms with Crippen LogP contribution in [0.5, 0.6) is 0 Å². The normalized spacial score (nSPS) is 19.0. The van der Waals surface area contributed by atoms with E-state index in [9.17, 15) is 0 Å². The molecule has 1 fully saturated rings. The second-order valence-corrected chi connectivity index (χ2v) is 4.50. The topological polar surface area (TPSA) is 78.0 Å². The fourth-order valence-corrected chi connectivity index (χ4v) is 2.12. The van der Waals surface area contributed by atoms with Gasteiger partial charge in [-0.3, -0.25) is 14.8 Å². The first-order valence-corrected chi connectivity index (χ1v) is 6.08. The molecule has 1 aliphatic heterocycles. The summed E-state index contributed by atoms with van der Waals surface area (Å²) < 4.78 is 0. The number of pyridine rings is 1. The predicted molar refractivity (Wildman–Crippen MR) is 69.4 cm³/mol. The zero-order valence-electron chi connectivity index (χ0n) is 10.4. The van der Waals surface area contributed by atoms with Gasteiger partial charge in [-0.25, -0.2) is 0 Å². The molecule has 0 saturated carbocycles. The Bertz CT molecular complexity index is 387. The maximum atomic E-state index is 8.53. The van der Waals surface area contributed by atoms with Crippen molar-refractivity contribution in [2.24, 2.45) is 10.9 Å². The molecule has 1 saturated heterocycles. The van der Waals surface area contributed by atoms with Gasteiger partial charge in [-0.1, -0.05) is 11.2 Å². The first kappa shape index (κ1) is 12.8. The lowest BCUT2D eigenvalue weighted by Gasteiger charge is -2.34. The number of amidine groups is 1. The molecule has 3 N–H and O–H groups in total. The predicted octanol–water partition coefficient (Wildman–Crippen LogP) is -0.0544. The van der Waals surface area contributed by atoms with Crippen LogP contribution >= 0.6 is 0 Å². The van der Waals surface area contributed by atoms with Crippen LogP contribution in [0.15, 0.2) is 29.7 Å². The van der Waals surface area contributed by atoms with E-state index in [2.05, 4.69) is 26.0 Å². The van der Waals surface area contributed by atoms with Gasteiger partial charge in [-0.2, -0.15) is 0 Å². The van der Waals surface area contributed by atoms with Crippen molar-refractivity contribution in [1.82, 2.24) is 14.8 Å². The van der Waals surface area contributed by atoms with Crippen molar-refractivity contribution in [1.29, 1.82) is 0 Å². The summed E-state index contributed by atoms with van der Waals surface area (Å²) in [5.74, 6) is 0.274. The molecule has 0 unspecified atom stereocenters. The van der Waals surface area contributed by atoms with Gasteiger partial charge in [0.2, 0.25) is 0 Å². The van der Waals surface area contributed by atoms with Crippen LogP contribution in [0.3, 0.4) is 0 Å². The van der Waals surface area contributed by atoms with Gasteiger partial charge < -0.3 is 10.9 Å². The lowest BCUT2D eigenvalue weighted by Crippen LogP contribution is -2.48. The monoisotopic (exact) mass is 249 g/mol. The maximum absolute atomic E-state index is 8.53. The zero-order valence-corrected chi connectivity index (χ0v) is 10.4. The Morgan fingerprint density at radius 2 is 2.06 bits per heavy atom. The van der Waals surface area contributed by atoms with E-state index < -0.39 is 0 Å². The smallest absolute Gasteiger partial charge is 0.153 e. The third-order valence-electron chi connectivity index (χ3n) is 3.11. The van der Waals surface area contributed by atoms with Gasteiger partial charge in [-0.05, 0) is 11.6 Å². The molecule has 0 spiro atoms. The van der Waals surface area contributed by atoms with Crippen LogP contribution in [0.1, 0.15) is 5.56 Å². The van der Waals surface area contributed by atoms with E-state index in [0.717, 1.165) is 32.7 Å². The highest BCUT2D eigenvalue weighted by molar-refractivity contribution is 5.81. The average Bonchev–Trinajstić information content (AvgIpc) is 2.42. The molecule has 6 nitrogen and oxygen atoms in total. The van der Waals surface area contributed by atoms with Gasteiger partial charge in [0.1, 0.15) is 0 Å². The SMILES string of the molecule is N/C(CN1CCN(Cc2cccnc2)CC1)=N\O. The van der Waals surface area contributed by atoms with E-state index in [4.69, 9.17) is 10.9 Å². The molecule has 0 radical (unpaired) electrons. The van der Waals surface area contributed by atoms with Gasteiger partial charge in [0.05, 0.1) is 6.54 Å². The van der Waals surface area contributed by atoms with Crippen LogP contribution in [-0.2, 0) is 6.54 Å². The average molecular weight is 249 g/mol. The quantitative estimate of drug-likeness (QED) is 0.338. The van der Waals surface area contributed by atoms with Gasteiger partial charge in [0, 0.05) is 45.1 Å². The molecule has 98 valence electrons. The van der Waals surface area contributed by atoms with E-state index in [1.165, 1.54) is 5.56 Å². The summed E-state index contributed by atoms with van der Waals surface area (Å²) in [4.78, 5) is 8.70. The van der Waals surface area contributed by atoms with E-state index in [1.807, 2.05) is 12.3 Å². The fourth-order valence-electron chi connectivity index (χ4n) is 2.12. The Labute approximate surface area is 107 Å². The van der Waals surface area contributed by atoms with Crippen LogP contribution in [0.4, 0.5) is 0 Å². The number of piperazine rings is 1. The minimum absolute atomic E-state index is 0.274. The highest BCUT2D eigenvalue weighted by Crippen LogP contribution is 2.07. The summed E-state index contributed by atoms with van der Waals surface area (Å²) in [6.45, 7) is 5.34. The van der Waals surface area contributed by atoms with Crippen molar-refractivity contribution < 1.29 is 5.21 Å². The van der Waals surface area contributed by atoms with E-state index >= 15 is 0 Å². The molecule has 1 aromatic rings. The second kappa shape index (κ2) is 6.32.